The standard InChI is InChI=1S/C51H99NO13/c1-3-5-7-9-11-13-15-17-18-19-20-21-22-23-24-26-28-30-32-34-40(55)39(52-43(56)35-33-31-29-27-25-16-14-12-10-8-6-4-2)38-62-50-48(61)46(59)49(42(37-54)64-50)65-51-47(60)45(58)44(57)41(36-53)63-51/h39-42,44-51,53-55,57-61H,3-38H2,1-2H3,(H,52,56). The van der Waals surface area contributed by atoms with Gasteiger partial charge in [0, 0.05) is 6.42 Å². The smallest absolute Gasteiger partial charge is 0.220 e. The molecular weight excluding hydrogens is 835 g/mol. The number of carbonyl (C=O) groups is 1. The second-order valence-corrected chi connectivity index (χ2v) is 19.4. The van der Waals surface area contributed by atoms with Crippen LogP contribution in [0.3, 0.4) is 0 Å². The predicted molar refractivity (Wildman–Crippen MR) is 254 cm³/mol. The molecule has 12 unspecified atom stereocenters. The van der Waals surface area contributed by atoms with Gasteiger partial charge in [0.25, 0.3) is 0 Å². The Hall–Kier alpha value is -1.01. The third kappa shape index (κ3) is 26.0. The third-order valence-corrected chi connectivity index (χ3v) is 13.6. The molecule has 2 aliphatic heterocycles. The van der Waals surface area contributed by atoms with Crippen LogP contribution in [0.4, 0.5) is 0 Å². The van der Waals surface area contributed by atoms with Gasteiger partial charge in [-0.3, -0.25) is 4.79 Å². The van der Waals surface area contributed by atoms with Crippen molar-refractivity contribution in [3.63, 3.8) is 0 Å². The van der Waals surface area contributed by atoms with Crippen molar-refractivity contribution in [3.05, 3.63) is 0 Å². The van der Waals surface area contributed by atoms with E-state index < -0.39 is 86.8 Å². The summed E-state index contributed by atoms with van der Waals surface area (Å²) in [6.45, 7) is 2.86. The Morgan fingerprint density at radius 3 is 1.31 bits per heavy atom. The van der Waals surface area contributed by atoms with E-state index >= 15 is 0 Å². The highest BCUT2D eigenvalue weighted by molar-refractivity contribution is 5.76. The molecule has 1 amide bonds. The van der Waals surface area contributed by atoms with Crippen LogP contribution in [0.1, 0.15) is 226 Å². The van der Waals surface area contributed by atoms with Crippen molar-refractivity contribution in [2.75, 3.05) is 19.8 Å². The summed E-state index contributed by atoms with van der Waals surface area (Å²) in [7, 11) is 0. The molecule has 65 heavy (non-hydrogen) atoms. The fraction of sp³-hybridized carbons (Fsp3) is 0.980. The Labute approximate surface area is 393 Å². The molecule has 12 atom stereocenters. The van der Waals surface area contributed by atoms with Crippen LogP contribution in [0, 0.1) is 0 Å². The van der Waals surface area contributed by atoms with E-state index in [1.165, 1.54) is 148 Å². The van der Waals surface area contributed by atoms with Crippen molar-refractivity contribution in [1.82, 2.24) is 5.32 Å². The Bertz CT molecular complexity index is 1100. The van der Waals surface area contributed by atoms with Gasteiger partial charge in [0.05, 0.1) is 32.0 Å². The molecule has 2 aliphatic rings. The minimum Gasteiger partial charge on any atom is -0.394 e. The van der Waals surface area contributed by atoms with Gasteiger partial charge in [-0.25, -0.2) is 0 Å². The van der Waals surface area contributed by atoms with Crippen molar-refractivity contribution >= 4 is 5.91 Å². The van der Waals surface area contributed by atoms with Crippen molar-refractivity contribution in [2.24, 2.45) is 0 Å². The molecule has 2 saturated heterocycles. The summed E-state index contributed by atoms with van der Waals surface area (Å²) in [6.07, 6.45) is 22.4. The first kappa shape index (κ1) is 60.1. The SMILES string of the molecule is CCCCCCCCCCCCCCCCCCCCCC(O)C(COC1OC(CO)C(OC2OC(CO)C(O)C(O)C2O)C(O)C1O)NC(=O)CCCCCCCCCCCCCC. The maximum atomic E-state index is 13.2. The van der Waals surface area contributed by atoms with E-state index in [2.05, 4.69) is 19.2 Å². The van der Waals surface area contributed by atoms with E-state index in [0.29, 0.717) is 12.8 Å². The second-order valence-electron chi connectivity index (χ2n) is 19.4. The molecule has 2 heterocycles. The predicted octanol–water partition coefficient (Wildman–Crippen LogP) is 7.39. The van der Waals surface area contributed by atoms with E-state index in [1.807, 2.05) is 0 Å². The van der Waals surface area contributed by atoms with Crippen LogP contribution in [0.5, 0.6) is 0 Å². The number of aliphatic hydroxyl groups excluding tert-OH is 8. The van der Waals surface area contributed by atoms with Crippen molar-refractivity contribution in [3.8, 4) is 0 Å². The highest BCUT2D eigenvalue weighted by atomic mass is 16.7. The van der Waals surface area contributed by atoms with Crippen LogP contribution < -0.4 is 5.32 Å². The molecule has 0 aliphatic carbocycles. The van der Waals surface area contributed by atoms with Crippen LogP contribution >= 0.6 is 0 Å². The summed E-state index contributed by atoms with van der Waals surface area (Å²) >= 11 is 0. The Balaban J connectivity index is 1.79. The Kier molecular flexibility index (Phi) is 35.9. The molecule has 0 spiro atoms. The third-order valence-electron chi connectivity index (χ3n) is 13.6. The van der Waals surface area contributed by atoms with E-state index in [1.54, 1.807) is 0 Å². The molecule has 9 N–H and O–H groups in total. The van der Waals surface area contributed by atoms with Gasteiger partial charge in [0.15, 0.2) is 12.6 Å². The molecule has 0 saturated carbocycles. The molecule has 14 heteroatoms. The van der Waals surface area contributed by atoms with Gasteiger partial charge in [-0.05, 0) is 12.8 Å². The summed E-state index contributed by atoms with van der Waals surface area (Å²) in [6, 6.07) is -0.820. The normalized spacial score (nSPS) is 26.9. The number of rotatable bonds is 42. The van der Waals surface area contributed by atoms with Gasteiger partial charge in [-0.2, -0.15) is 0 Å². The number of unbranched alkanes of at least 4 members (excludes halogenated alkanes) is 29. The molecule has 386 valence electrons. The summed E-state index contributed by atoms with van der Waals surface area (Å²) < 4.78 is 22.8. The lowest BCUT2D eigenvalue weighted by atomic mass is 9.97. The first-order chi connectivity index (χ1) is 31.6. The van der Waals surface area contributed by atoms with Crippen molar-refractivity contribution < 1.29 is 64.6 Å². The number of aliphatic hydroxyl groups is 8. The van der Waals surface area contributed by atoms with Gasteiger partial charge < -0.3 is 65.1 Å². The second kappa shape index (κ2) is 38.8. The zero-order chi connectivity index (χ0) is 47.5. The highest BCUT2D eigenvalue weighted by Gasteiger charge is 2.51. The number of carbonyl (C=O) groups excluding carboxylic acids is 1. The summed E-state index contributed by atoms with van der Waals surface area (Å²) in [5.74, 6) is -0.204. The Morgan fingerprint density at radius 1 is 0.492 bits per heavy atom. The molecule has 2 rings (SSSR count). The number of hydrogen-bond donors (Lipinski definition) is 9. The lowest BCUT2D eigenvalue weighted by molar-refractivity contribution is -0.359. The summed E-state index contributed by atoms with van der Waals surface area (Å²) in [4.78, 5) is 13.2. The van der Waals surface area contributed by atoms with Gasteiger partial charge in [0.2, 0.25) is 5.91 Å². The minimum atomic E-state index is -1.78. The van der Waals surface area contributed by atoms with Crippen LogP contribution in [-0.4, -0.2) is 140 Å². The zero-order valence-corrected chi connectivity index (χ0v) is 41.0. The zero-order valence-electron chi connectivity index (χ0n) is 41.0. The maximum Gasteiger partial charge on any atom is 0.220 e. The average Bonchev–Trinajstić information content (AvgIpc) is 3.30. The van der Waals surface area contributed by atoms with Crippen molar-refractivity contribution in [1.29, 1.82) is 0 Å². The number of nitrogens with one attached hydrogen (secondary N) is 1. The monoisotopic (exact) mass is 934 g/mol. The van der Waals surface area contributed by atoms with Crippen LogP contribution in [0.15, 0.2) is 0 Å². The maximum absolute atomic E-state index is 13.2. The molecule has 2 fully saturated rings. The molecular formula is C51H99NO13. The quantitative estimate of drug-likeness (QED) is 0.0273. The van der Waals surface area contributed by atoms with E-state index in [0.717, 1.165) is 51.4 Å². The van der Waals surface area contributed by atoms with Crippen LogP contribution in [-0.2, 0) is 23.7 Å². The largest absolute Gasteiger partial charge is 0.394 e. The van der Waals surface area contributed by atoms with E-state index in [-0.39, 0.29) is 12.5 Å². The fourth-order valence-corrected chi connectivity index (χ4v) is 9.18. The number of amides is 1. The van der Waals surface area contributed by atoms with Crippen LogP contribution in [0.25, 0.3) is 0 Å². The molecule has 14 nitrogen and oxygen atoms in total. The minimum absolute atomic E-state index is 0.204. The first-order valence-electron chi connectivity index (χ1n) is 26.8. The number of ether oxygens (including phenoxy) is 4. The molecule has 0 radical (unpaired) electrons. The van der Waals surface area contributed by atoms with Crippen LogP contribution in [0.2, 0.25) is 0 Å². The van der Waals surface area contributed by atoms with Gasteiger partial charge in [-0.15, -0.1) is 0 Å². The lowest BCUT2D eigenvalue weighted by Gasteiger charge is -2.46. The van der Waals surface area contributed by atoms with Crippen molar-refractivity contribution in [2.45, 2.75) is 299 Å². The molecule has 0 aromatic heterocycles. The number of hydrogen-bond acceptors (Lipinski definition) is 13. The van der Waals surface area contributed by atoms with Gasteiger partial charge >= 0.3 is 0 Å². The van der Waals surface area contributed by atoms with Gasteiger partial charge in [0.1, 0.15) is 48.8 Å². The lowest BCUT2D eigenvalue weighted by Crippen LogP contribution is -2.65. The first-order valence-corrected chi connectivity index (χ1v) is 26.8. The van der Waals surface area contributed by atoms with E-state index in [4.69, 9.17) is 18.9 Å². The van der Waals surface area contributed by atoms with E-state index in [9.17, 15) is 45.6 Å². The Morgan fingerprint density at radius 2 is 0.877 bits per heavy atom. The van der Waals surface area contributed by atoms with Gasteiger partial charge in [-0.1, -0.05) is 206 Å². The summed E-state index contributed by atoms with van der Waals surface area (Å²) in [5, 5.41) is 86.9. The molecule has 0 aromatic rings. The molecule has 0 bridgehead atoms. The molecule has 0 aromatic carbocycles. The summed E-state index contributed by atoms with van der Waals surface area (Å²) in [5.41, 5.74) is 0. The highest BCUT2D eigenvalue weighted by Crippen LogP contribution is 2.30. The average molecular weight is 934 g/mol. The topological polar surface area (TPSA) is 228 Å². The fourth-order valence-electron chi connectivity index (χ4n) is 9.18.